The Hall–Kier alpha value is -3.74. The molecule has 4 aromatic rings. The number of benzene rings is 2. The highest BCUT2D eigenvalue weighted by Crippen LogP contribution is 2.32. The topological polar surface area (TPSA) is 90.1 Å². The normalized spacial score (nSPS) is 12.0. The molecular formula is C24H24N4O3. The Kier molecular flexibility index (Phi) is 5.93. The molecule has 0 aliphatic carbocycles. The van der Waals surface area contributed by atoms with Gasteiger partial charge in [-0.15, -0.1) is 0 Å². The van der Waals surface area contributed by atoms with Gasteiger partial charge in [-0.3, -0.25) is 0 Å². The van der Waals surface area contributed by atoms with Crippen LogP contribution in [0.15, 0.2) is 59.1 Å². The molecule has 7 heteroatoms. The van der Waals surface area contributed by atoms with Gasteiger partial charge in [0.05, 0.1) is 6.61 Å². The maximum absolute atomic E-state index is 12.3. The van der Waals surface area contributed by atoms with Gasteiger partial charge in [0.1, 0.15) is 16.9 Å². The van der Waals surface area contributed by atoms with Gasteiger partial charge in [0.2, 0.25) is 5.82 Å². The molecule has 0 spiro atoms. The van der Waals surface area contributed by atoms with Gasteiger partial charge in [0, 0.05) is 12.1 Å². The van der Waals surface area contributed by atoms with E-state index < -0.39 is 5.97 Å². The predicted molar refractivity (Wildman–Crippen MR) is 119 cm³/mol. The lowest BCUT2D eigenvalue weighted by molar-refractivity contribution is 0.0512. The summed E-state index contributed by atoms with van der Waals surface area (Å²) in [5.74, 6) is 0.0558. The van der Waals surface area contributed by atoms with Gasteiger partial charge in [-0.2, -0.15) is 4.98 Å². The van der Waals surface area contributed by atoms with Crippen LogP contribution in [-0.4, -0.2) is 34.2 Å². The Morgan fingerprint density at radius 2 is 1.84 bits per heavy atom. The fourth-order valence-electron chi connectivity index (χ4n) is 3.33. The van der Waals surface area contributed by atoms with Crippen molar-refractivity contribution in [1.29, 1.82) is 0 Å². The van der Waals surface area contributed by atoms with Crippen molar-refractivity contribution in [1.82, 2.24) is 15.1 Å². The number of aromatic nitrogens is 3. The minimum absolute atomic E-state index is 0.0594. The largest absolute Gasteiger partial charge is 0.460 e. The van der Waals surface area contributed by atoms with Crippen LogP contribution in [0.2, 0.25) is 0 Å². The summed E-state index contributed by atoms with van der Waals surface area (Å²) in [6.07, 6.45) is 0. The molecule has 0 saturated heterocycles. The lowest BCUT2D eigenvalue weighted by Gasteiger charge is -2.14. The summed E-state index contributed by atoms with van der Waals surface area (Å²) < 4.78 is 10.6. The molecule has 2 aromatic heterocycles. The second kappa shape index (κ2) is 8.95. The molecule has 0 saturated carbocycles. The number of hydrogen-bond donors (Lipinski definition) is 1. The molecule has 2 aromatic carbocycles. The summed E-state index contributed by atoms with van der Waals surface area (Å²) in [6, 6.07) is 18.2. The van der Waals surface area contributed by atoms with Crippen LogP contribution in [-0.2, 0) is 4.74 Å². The molecule has 1 atom stereocenters. The SMILES string of the molecule is CCOC(=O)c1nc(NCC(C)c2ccccc2)c2c(-c3ccc(C)cc3)noc2n1. The highest BCUT2D eigenvalue weighted by atomic mass is 16.5. The van der Waals surface area contributed by atoms with Crippen molar-refractivity contribution in [3.8, 4) is 11.3 Å². The Bertz CT molecular complexity index is 1190. The fourth-order valence-corrected chi connectivity index (χ4v) is 3.33. The van der Waals surface area contributed by atoms with E-state index in [9.17, 15) is 4.79 Å². The van der Waals surface area contributed by atoms with Gasteiger partial charge >= 0.3 is 5.97 Å². The number of esters is 1. The van der Waals surface area contributed by atoms with E-state index in [4.69, 9.17) is 9.26 Å². The van der Waals surface area contributed by atoms with Gasteiger partial charge in [0.25, 0.3) is 5.71 Å². The third-order valence-corrected chi connectivity index (χ3v) is 5.06. The van der Waals surface area contributed by atoms with Crippen molar-refractivity contribution in [3.05, 3.63) is 71.5 Å². The van der Waals surface area contributed by atoms with Crippen molar-refractivity contribution in [2.24, 2.45) is 0 Å². The number of fused-ring (bicyclic) bond motifs is 1. The van der Waals surface area contributed by atoms with Gasteiger partial charge in [-0.05, 0) is 25.3 Å². The second-order valence-corrected chi connectivity index (χ2v) is 7.39. The van der Waals surface area contributed by atoms with Crippen molar-refractivity contribution in [3.63, 3.8) is 0 Å². The maximum atomic E-state index is 12.3. The van der Waals surface area contributed by atoms with Crippen molar-refractivity contribution in [2.45, 2.75) is 26.7 Å². The fraction of sp³-hybridized carbons (Fsp3) is 0.250. The molecule has 0 amide bonds. The molecule has 1 unspecified atom stereocenters. The predicted octanol–water partition coefficient (Wildman–Crippen LogP) is 4.99. The molecule has 0 radical (unpaired) electrons. The van der Waals surface area contributed by atoms with E-state index in [2.05, 4.69) is 39.5 Å². The van der Waals surface area contributed by atoms with Crippen LogP contribution in [0.3, 0.4) is 0 Å². The van der Waals surface area contributed by atoms with E-state index in [1.165, 1.54) is 5.56 Å². The molecule has 2 heterocycles. The standard InChI is InChI=1S/C24H24N4O3/c1-4-30-24(29)22-26-21(25-14-16(3)17-8-6-5-7-9-17)19-20(28-31-23(19)27-22)18-12-10-15(2)11-13-18/h5-13,16H,4,14H2,1-3H3,(H,25,26,27). The number of aryl methyl sites for hydroxylation is 1. The summed E-state index contributed by atoms with van der Waals surface area (Å²) in [6.45, 7) is 6.73. The minimum Gasteiger partial charge on any atom is -0.460 e. The van der Waals surface area contributed by atoms with Gasteiger partial charge in [-0.25, -0.2) is 9.78 Å². The number of nitrogens with zero attached hydrogens (tertiary/aromatic N) is 3. The van der Waals surface area contributed by atoms with Crippen LogP contribution in [0, 0.1) is 6.92 Å². The maximum Gasteiger partial charge on any atom is 0.376 e. The Morgan fingerprint density at radius 3 is 2.55 bits per heavy atom. The van der Waals surface area contributed by atoms with E-state index in [0.29, 0.717) is 23.4 Å². The van der Waals surface area contributed by atoms with Gasteiger partial charge < -0.3 is 14.6 Å². The van der Waals surface area contributed by atoms with Crippen LogP contribution in [0.5, 0.6) is 0 Å². The molecule has 31 heavy (non-hydrogen) atoms. The van der Waals surface area contributed by atoms with Crippen LogP contribution in [0.1, 0.15) is 41.5 Å². The monoisotopic (exact) mass is 416 g/mol. The molecule has 7 nitrogen and oxygen atoms in total. The third kappa shape index (κ3) is 4.40. The van der Waals surface area contributed by atoms with Crippen LogP contribution in [0.4, 0.5) is 5.82 Å². The first-order valence-corrected chi connectivity index (χ1v) is 10.3. The number of rotatable bonds is 7. The van der Waals surface area contributed by atoms with Crippen molar-refractivity contribution >= 4 is 22.9 Å². The lowest BCUT2D eigenvalue weighted by Crippen LogP contribution is -2.15. The average molecular weight is 416 g/mol. The minimum atomic E-state index is -0.600. The van der Waals surface area contributed by atoms with Gasteiger partial charge in [0.15, 0.2) is 0 Å². The number of carbonyl (C=O) groups excluding carboxylic acids is 1. The molecule has 158 valence electrons. The zero-order valence-electron chi connectivity index (χ0n) is 17.8. The lowest BCUT2D eigenvalue weighted by atomic mass is 10.0. The summed E-state index contributed by atoms with van der Waals surface area (Å²) >= 11 is 0. The van der Waals surface area contributed by atoms with Crippen molar-refractivity contribution < 1.29 is 14.1 Å². The molecule has 4 rings (SSSR count). The quantitative estimate of drug-likeness (QED) is 0.425. The van der Waals surface area contributed by atoms with Crippen LogP contribution >= 0.6 is 0 Å². The van der Waals surface area contributed by atoms with Crippen LogP contribution in [0.25, 0.3) is 22.4 Å². The molecular weight excluding hydrogens is 392 g/mol. The molecule has 0 aliphatic heterocycles. The third-order valence-electron chi connectivity index (χ3n) is 5.06. The molecule has 0 aliphatic rings. The summed E-state index contributed by atoms with van der Waals surface area (Å²) in [4.78, 5) is 21.0. The highest BCUT2D eigenvalue weighted by Gasteiger charge is 2.22. The number of anilines is 1. The van der Waals surface area contributed by atoms with Crippen LogP contribution < -0.4 is 5.32 Å². The number of nitrogens with one attached hydrogen (secondary N) is 1. The Balaban J connectivity index is 1.74. The zero-order valence-corrected chi connectivity index (χ0v) is 17.8. The Morgan fingerprint density at radius 1 is 1.10 bits per heavy atom. The molecule has 0 bridgehead atoms. The second-order valence-electron chi connectivity index (χ2n) is 7.39. The van der Waals surface area contributed by atoms with E-state index >= 15 is 0 Å². The number of carbonyl (C=O) groups is 1. The summed E-state index contributed by atoms with van der Waals surface area (Å²) in [7, 11) is 0. The Labute approximate surface area is 180 Å². The summed E-state index contributed by atoms with van der Waals surface area (Å²) in [5, 5.41) is 8.23. The first-order chi connectivity index (χ1) is 15.1. The number of hydrogen-bond acceptors (Lipinski definition) is 7. The first kappa shape index (κ1) is 20.5. The zero-order chi connectivity index (χ0) is 21.8. The highest BCUT2D eigenvalue weighted by molar-refractivity contribution is 5.99. The average Bonchev–Trinajstić information content (AvgIpc) is 3.22. The molecule has 1 N–H and O–H groups in total. The van der Waals surface area contributed by atoms with Crippen molar-refractivity contribution in [2.75, 3.05) is 18.5 Å². The van der Waals surface area contributed by atoms with E-state index in [1.807, 2.05) is 49.4 Å². The number of ether oxygens (including phenoxy) is 1. The summed E-state index contributed by atoms with van der Waals surface area (Å²) in [5.41, 5.74) is 4.10. The van der Waals surface area contributed by atoms with Gasteiger partial charge in [-0.1, -0.05) is 72.2 Å². The van der Waals surface area contributed by atoms with E-state index in [1.54, 1.807) is 6.92 Å². The smallest absolute Gasteiger partial charge is 0.376 e. The first-order valence-electron chi connectivity index (χ1n) is 10.3. The van der Waals surface area contributed by atoms with E-state index in [0.717, 1.165) is 11.1 Å². The molecule has 0 fully saturated rings. The van der Waals surface area contributed by atoms with E-state index in [-0.39, 0.29) is 24.1 Å².